The first-order valence-corrected chi connectivity index (χ1v) is 13.5. The van der Waals surface area contributed by atoms with E-state index in [1.807, 2.05) is 0 Å². The first-order valence-electron chi connectivity index (χ1n) is 11.5. The van der Waals surface area contributed by atoms with Crippen LogP contribution in [0.15, 0.2) is 120 Å². The minimum atomic E-state index is -2.47. The molecule has 1 aliphatic rings. The van der Waals surface area contributed by atoms with Gasteiger partial charge in [0.25, 0.3) is 0 Å². The summed E-state index contributed by atoms with van der Waals surface area (Å²) >= 11 is 0. The van der Waals surface area contributed by atoms with E-state index in [2.05, 4.69) is 122 Å². The van der Waals surface area contributed by atoms with Crippen LogP contribution in [-0.2, 0) is 0 Å². The van der Waals surface area contributed by atoms with Gasteiger partial charge < -0.3 is 4.42 Å². The predicted octanol–water partition coefficient (Wildman–Crippen LogP) is 5.25. The van der Waals surface area contributed by atoms with Crippen LogP contribution in [0.4, 0.5) is 0 Å². The average molecular weight is 439 g/mol. The zero-order valence-electron chi connectivity index (χ0n) is 18.4. The Morgan fingerprint density at radius 3 is 1.97 bits per heavy atom. The summed E-state index contributed by atoms with van der Waals surface area (Å²) in [6.45, 7) is 2.17. The first-order chi connectivity index (χ1) is 16.3. The first kappa shape index (κ1) is 18.7. The number of rotatable bonds is 2. The van der Waals surface area contributed by atoms with Crippen molar-refractivity contribution >= 4 is 50.8 Å². The zero-order chi connectivity index (χ0) is 22.0. The highest BCUT2D eigenvalue weighted by molar-refractivity contribution is 7.22. The Bertz CT molecular complexity index is 1620. The number of hydrogen-bond donors (Lipinski definition) is 0. The highest BCUT2D eigenvalue weighted by Gasteiger charge is 2.49. The number of fused-ring (bicyclic) bond motifs is 7. The van der Waals surface area contributed by atoms with Gasteiger partial charge in [-0.25, -0.2) is 0 Å². The molecule has 0 bridgehead atoms. The lowest BCUT2D eigenvalue weighted by Crippen LogP contribution is -2.72. The Balaban J connectivity index is 1.71. The molecule has 0 fully saturated rings. The molecule has 1 aromatic heterocycles. The Kier molecular flexibility index (Phi) is 3.85. The van der Waals surface area contributed by atoms with Gasteiger partial charge in [0.15, 0.2) is 8.07 Å². The molecular formula is C31H22OSi. The summed E-state index contributed by atoms with van der Waals surface area (Å²) in [6, 6.07) is 42.2. The predicted molar refractivity (Wildman–Crippen MR) is 141 cm³/mol. The fraction of sp³-hybridized carbons (Fsp3) is 0.0323. The Labute approximate surface area is 194 Å². The molecule has 1 nitrogen and oxygen atoms in total. The van der Waals surface area contributed by atoms with Crippen molar-refractivity contribution in [2.45, 2.75) is 6.92 Å². The van der Waals surface area contributed by atoms with Crippen molar-refractivity contribution in [2.75, 3.05) is 0 Å². The maximum Gasteiger partial charge on any atom is 0.181 e. The SMILES string of the molecule is Cc1cccc2oc3c4c(ccc3c12)[Si](c1ccccc1)(c1ccccc1)c1ccccc1-4. The van der Waals surface area contributed by atoms with Crippen LogP contribution >= 0.6 is 0 Å². The molecule has 0 radical (unpaired) electrons. The van der Waals surface area contributed by atoms with Crippen LogP contribution in [0.1, 0.15) is 5.56 Å². The molecule has 0 spiro atoms. The van der Waals surface area contributed by atoms with Gasteiger partial charge in [0.05, 0.1) is 0 Å². The van der Waals surface area contributed by atoms with Crippen molar-refractivity contribution in [2.24, 2.45) is 0 Å². The van der Waals surface area contributed by atoms with Crippen LogP contribution < -0.4 is 20.7 Å². The van der Waals surface area contributed by atoms with Crippen LogP contribution in [0.3, 0.4) is 0 Å². The third kappa shape index (κ3) is 2.36. The third-order valence-electron chi connectivity index (χ3n) is 7.29. The highest BCUT2D eigenvalue weighted by atomic mass is 28.3. The van der Waals surface area contributed by atoms with Crippen LogP contribution in [0.25, 0.3) is 33.1 Å². The van der Waals surface area contributed by atoms with Crippen molar-refractivity contribution in [1.29, 1.82) is 0 Å². The van der Waals surface area contributed by atoms with Gasteiger partial charge in [-0.15, -0.1) is 0 Å². The molecule has 0 saturated heterocycles. The van der Waals surface area contributed by atoms with Gasteiger partial charge in [0.2, 0.25) is 0 Å². The molecule has 7 rings (SSSR count). The second-order valence-corrected chi connectivity index (χ2v) is 12.7. The summed E-state index contributed by atoms with van der Waals surface area (Å²) in [5.74, 6) is 0. The number of furan rings is 1. The van der Waals surface area contributed by atoms with Crippen LogP contribution in [0, 0.1) is 6.92 Å². The lowest BCUT2D eigenvalue weighted by molar-refractivity contribution is 0.670. The molecular weight excluding hydrogens is 416 g/mol. The van der Waals surface area contributed by atoms with Crippen LogP contribution in [0.2, 0.25) is 0 Å². The Morgan fingerprint density at radius 2 is 1.24 bits per heavy atom. The summed E-state index contributed by atoms with van der Waals surface area (Å²) in [5, 5.41) is 8.13. The van der Waals surface area contributed by atoms with Gasteiger partial charge in [-0.05, 0) is 44.9 Å². The summed E-state index contributed by atoms with van der Waals surface area (Å²) in [5.41, 5.74) is 5.83. The minimum Gasteiger partial charge on any atom is -0.455 e. The van der Waals surface area contributed by atoms with E-state index in [9.17, 15) is 0 Å². The smallest absolute Gasteiger partial charge is 0.181 e. The quantitative estimate of drug-likeness (QED) is 0.336. The molecule has 0 atom stereocenters. The summed E-state index contributed by atoms with van der Waals surface area (Å²) in [4.78, 5) is 0. The second-order valence-electron chi connectivity index (χ2n) is 8.94. The zero-order valence-corrected chi connectivity index (χ0v) is 19.4. The van der Waals surface area contributed by atoms with E-state index >= 15 is 0 Å². The maximum absolute atomic E-state index is 6.62. The standard InChI is InChI=1S/C31H22OSi/c1-21-11-10-17-26-29(21)25-19-20-28-30(31(25)32-26)24-16-8-9-18-27(24)33(28,22-12-4-2-5-13-22)23-14-6-3-7-15-23/h2-20H,1H3. The molecule has 0 saturated carbocycles. The fourth-order valence-corrected chi connectivity index (χ4v) is 11.2. The lowest BCUT2D eigenvalue weighted by atomic mass is 10.0. The number of hydrogen-bond acceptors (Lipinski definition) is 1. The number of benzene rings is 5. The lowest BCUT2D eigenvalue weighted by Gasteiger charge is -2.31. The molecule has 0 N–H and O–H groups in total. The normalized spacial score (nSPS) is 13.8. The van der Waals surface area contributed by atoms with Crippen molar-refractivity contribution in [3.05, 3.63) is 121 Å². The highest BCUT2D eigenvalue weighted by Crippen LogP contribution is 2.39. The average Bonchev–Trinajstić information content (AvgIpc) is 3.40. The summed E-state index contributed by atoms with van der Waals surface area (Å²) in [6.07, 6.45) is 0. The molecule has 5 aromatic carbocycles. The molecule has 33 heavy (non-hydrogen) atoms. The van der Waals surface area contributed by atoms with Crippen LogP contribution in [-0.4, -0.2) is 8.07 Å². The van der Waals surface area contributed by atoms with E-state index in [4.69, 9.17) is 4.42 Å². The third-order valence-corrected chi connectivity index (χ3v) is 12.2. The molecule has 6 aromatic rings. The second kappa shape index (κ2) is 6.81. The number of aryl methyl sites for hydroxylation is 1. The van der Waals surface area contributed by atoms with E-state index in [-0.39, 0.29) is 0 Å². The summed E-state index contributed by atoms with van der Waals surface area (Å²) in [7, 11) is -2.47. The van der Waals surface area contributed by atoms with E-state index in [0.717, 1.165) is 11.2 Å². The molecule has 0 amide bonds. The Morgan fingerprint density at radius 1 is 0.576 bits per heavy atom. The topological polar surface area (TPSA) is 13.1 Å². The molecule has 0 unspecified atom stereocenters. The van der Waals surface area contributed by atoms with Gasteiger partial charge in [0, 0.05) is 16.3 Å². The Hall–Kier alpha value is -3.88. The largest absolute Gasteiger partial charge is 0.455 e. The van der Waals surface area contributed by atoms with E-state index in [1.165, 1.54) is 48.2 Å². The molecule has 0 aliphatic carbocycles. The van der Waals surface area contributed by atoms with E-state index < -0.39 is 8.07 Å². The van der Waals surface area contributed by atoms with Crippen molar-refractivity contribution in [3.63, 3.8) is 0 Å². The molecule has 156 valence electrons. The van der Waals surface area contributed by atoms with E-state index in [1.54, 1.807) is 0 Å². The van der Waals surface area contributed by atoms with Crippen molar-refractivity contribution in [1.82, 2.24) is 0 Å². The van der Waals surface area contributed by atoms with Gasteiger partial charge in [-0.1, -0.05) is 109 Å². The minimum absolute atomic E-state index is 0.967. The fourth-order valence-electron chi connectivity index (χ4n) is 5.98. The van der Waals surface area contributed by atoms with Gasteiger partial charge in [0.1, 0.15) is 11.2 Å². The van der Waals surface area contributed by atoms with Crippen molar-refractivity contribution < 1.29 is 4.42 Å². The molecule has 1 aliphatic heterocycles. The van der Waals surface area contributed by atoms with Crippen LogP contribution in [0.5, 0.6) is 0 Å². The van der Waals surface area contributed by atoms with Crippen molar-refractivity contribution in [3.8, 4) is 11.1 Å². The molecule has 2 heteroatoms. The van der Waals surface area contributed by atoms with Gasteiger partial charge >= 0.3 is 0 Å². The molecule has 2 heterocycles. The summed E-state index contributed by atoms with van der Waals surface area (Å²) < 4.78 is 6.62. The maximum atomic E-state index is 6.62. The van der Waals surface area contributed by atoms with Gasteiger partial charge in [-0.3, -0.25) is 0 Å². The van der Waals surface area contributed by atoms with E-state index in [0.29, 0.717) is 0 Å². The monoisotopic (exact) mass is 438 g/mol. The van der Waals surface area contributed by atoms with Gasteiger partial charge in [-0.2, -0.15) is 0 Å².